The van der Waals surface area contributed by atoms with E-state index in [0.29, 0.717) is 6.42 Å². The number of ether oxygens (including phenoxy) is 2. The zero-order valence-corrected chi connectivity index (χ0v) is 53.3. The van der Waals surface area contributed by atoms with Gasteiger partial charge in [-0.25, -0.2) is 0 Å². The van der Waals surface area contributed by atoms with E-state index < -0.39 is 49.5 Å². The van der Waals surface area contributed by atoms with Crippen molar-refractivity contribution in [3.05, 3.63) is 48.6 Å². The third-order valence-corrected chi connectivity index (χ3v) is 16.9. The standard InChI is InChI=1S/C72H135NO8/c1-3-5-7-9-11-13-15-17-19-21-23-25-27-28-29-30-31-32-33-34-35-36-37-38-40-42-44-46-48-50-52-54-56-58-60-62-68(76)73-65(64-80-72-71(79)70(78)69(77)67(63-74)81-72)66(75)61-59-57-55-53-51-49-47-45-43-41-39-26-24-22-20-18-16-14-12-10-8-6-4-2/h15,17,21,23,27-28,59,61,65-67,69-72,74-75,77-79H,3-14,16,18-20,22,24-26,29-58,60,62-64H2,1-2H3,(H,73,76)/b17-15-,23-21-,28-27-,61-59+. The van der Waals surface area contributed by atoms with Crippen LogP contribution in [0.3, 0.4) is 0 Å². The maximum Gasteiger partial charge on any atom is 0.220 e. The van der Waals surface area contributed by atoms with Crippen LogP contribution in [0.5, 0.6) is 0 Å². The van der Waals surface area contributed by atoms with Crippen LogP contribution in [-0.4, -0.2) is 87.5 Å². The lowest BCUT2D eigenvalue weighted by Crippen LogP contribution is -2.60. The summed E-state index contributed by atoms with van der Waals surface area (Å²) in [6, 6.07) is -0.806. The molecule has 1 aliphatic rings. The number of carbonyl (C=O) groups is 1. The highest BCUT2D eigenvalue weighted by molar-refractivity contribution is 5.76. The minimum absolute atomic E-state index is 0.171. The first-order chi connectivity index (χ1) is 39.8. The zero-order chi connectivity index (χ0) is 58.6. The van der Waals surface area contributed by atoms with Crippen molar-refractivity contribution in [2.45, 2.75) is 391 Å². The van der Waals surface area contributed by atoms with Gasteiger partial charge >= 0.3 is 0 Å². The molecule has 1 heterocycles. The molecule has 81 heavy (non-hydrogen) atoms. The Hall–Kier alpha value is -1.85. The third kappa shape index (κ3) is 50.1. The fourth-order valence-corrected chi connectivity index (χ4v) is 11.3. The Balaban J connectivity index is 2.10. The molecule has 476 valence electrons. The van der Waals surface area contributed by atoms with E-state index in [1.54, 1.807) is 6.08 Å². The molecule has 0 bridgehead atoms. The Kier molecular flexibility index (Phi) is 58.3. The minimum Gasteiger partial charge on any atom is -0.394 e. The molecule has 1 fully saturated rings. The molecule has 0 aromatic rings. The number of aliphatic hydroxyl groups excluding tert-OH is 5. The number of hydrogen-bond acceptors (Lipinski definition) is 8. The largest absolute Gasteiger partial charge is 0.394 e. The quantitative estimate of drug-likeness (QED) is 0.0261. The summed E-state index contributed by atoms with van der Waals surface area (Å²) in [4.78, 5) is 13.1. The van der Waals surface area contributed by atoms with Crippen molar-refractivity contribution in [1.29, 1.82) is 0 Å². The summed E-state index contributed by atoms with van der Waals surface area (Å²) in [6.07, 6.45) is 76.4. The fraction of sp³-hybridized carbons (Fsp3) is 0.875. The van der Waals surface area contributed by atoms with Gasteiger partial charge in [-0.1, -0.05) is 332 Å². The van der Waals surface area contributed by atoms with E-state index in [0.717, 1.165) is 51.4 Å². The molecule has 1 aliphatic heterocycles. The number of amides is 1. The van der Waals surface area contributed by atoms with Crippen molar-refractivity contribution in [3.63, 3.8) is 0 Å². The van der Waals surface area contributed by atoms with Crippen molar-refractivity contribution in [2.75, 3.05) is 13.2 Å². The summed E-state index contributed by atoms with van der Waals surface area (Å²) < 4.78 is 11.3. The molecule has 0 radical (unpaired) electrons. The van der Waals surface area contributed by atoms with Crippen molar-refractivity contribution in [3.8, 4) is 0 Å². The van der Waals surface area contributed by atoms with Gasteiger partial charge in [0, 0.05) is 6.42 Å². The highest BCUT2D eigenvalue weighted by atomic mass is 16.7. The second kappa shape index (κ2) is 61.2. The first-order valence-electron chi connectivity index (χ1n) is 35.4. The topological polar surface area (TPSA) is 149 Å². The maximum atomic E-state index is 13.1. The Labute approximate surface area is 501 Å². The van der Waals surface area contributed by atoms with Gasteiger partial charge in [-0.05, 0) is 57.8 Å². The molecule has 9 nitrogen and oxygen atoms in total. The number of nitrogens with one attached hydrogen (secondary N) is 1. The normalized spacial score (nSPS) is 18.6. The third-order valence-electron chi connectivity index (χ3n) is 16.9. The Bertz CT molecular complexity index is 1420. The van der Waals surface area contributed by atoms with Crippen molar-refractivity contribution < 1.29 is 39.8 Å². The Morgan fingerprint density at radius 2 is 0.728 bits per heavy atom. The summed E-state index contributed by atoms with van der Waals surface area (Å²) >= 11 is 0. The Morgan fingerprint density at radius 1 is 0.420 bits per heavy atom. The monoisotopic (exact) mass is 1140 g/mol. The van der Waals surface area contributed by atoms with Crippen LogP contribution in [0.4, 0.5) is 0 Å². The van der Waals surface area contributed by atoms with E-state index in [1.165, 1.54) is 276 Å². The summed E-state index contributed by atoms with van der Waals surface area (Å²) in [5.41, 5.74) is 0. The predicted molar refractivity (Wildman–Crippen MR) is 346 cm³/mol. The number of unbranched alkanes of at least 4 members (excludes halogenated alkanes) is 46. The SMILES string of the molecule is CCCCCCC/C=C\C/C=C\C/C=C\CCCCCCCCCCCCCCCCCCCCCCC(=O)NC(COC1OC(CO)C(O)C(O)C1O)C(O)/C=C/CCCCCCCCCCCCCCCCCCCCCCC. The molecule has 6 N–H and O–H groups in total. The average Bonchev–Trinajstić information content (AvgIpc) is 3.48. The fourth-order valence-electron chi connectivity index (χ4n) is 11.3. The lowest BCUT2D eigenvalue weighted by Gasteiger charge is -2.40. The summed E-state index contributed by atoms with van der Waals surface area (Å²) in [5, 5.41) is 54.8. The summed E-state index contributed by atoms with van der Waals surface area (Å²) in [7, 11) is 0. The van der Waals surface area contributed by atoms with Crippen LogP contribution in [0.2, 0.25) is 0 Å². The van der Waals surface area contributed by atoms with Gasteiger partial charge in [0.2, 0.25) is 5.91 Å². The van der Waals surface area contributed by atoms with Crippen LogP contribution in [0.25, 0.3) is 0 Å². The lowest BCUT2D eigenvalue weighted by atomic mass is 9.99. The van der Waals surface area contributed by atoms with E-state index in [1.807, 2.05) is 6.08 Å². The molecule has 0 aromatic carbocycles. The minimum atomic E-state index is -1.57. The van der Waals surface area contributed by atoms with E-state index in [9.17, 15) is 30.3 Å². The molecule has 0 spiro atoms. The van der Waals surface area contributed by atoms with Crippen LogP contribution in [0.15, 0.2) is 48.6 Å². The van der Waals surface area contributed by atoms with E-state index in [4.69, 9.17) is 9.47 Å². The van der Waals surface area contributed by atoms with Gasteiger partial charge in [0.05, 0.1) is 25.4 Å². The van der Waals surface area contributed by atoms with Crippen LogP contribution >= 0.6 is 0 Å². The molecule has 9 heteroatoms. The van der Waals surface area contributed by atoms with E-state index >= 15 is 0 Å². The van der Waals surface area contributed by atoms with Crippen LogP contribution in [-0.2, 0) is 14.3 Å². The molecule has 0 saturated carbocycles. The van der Waals surface area contributed by atoms with Gasteiger partial charge in [0.1, 0.15) is 24.4 Å². The molecule has 7 atom stereocenters. The van der Waals surface area contributed by atoms with Gasteiger partial charge in [0.15, 0.2) is 6.29 Å². The number of hydrogen-bond donors (Lipinski definition) is 6. The van der Waals surface area contributed by atoms with Gasteiger partial charge in [-0.2, -0.15) is 0 Å². The van der Waals surface area contributed by atoms with Crippen LogP contribution < -0.4 is 5.32 Å². The average molecular weight is 1140 g/mol. The van der Waals surface area contributed by atoms with Crippen molar-refractivity contribution in [1.82, 2.24) is 5.32 Å². The smallest absolute Gasteiger partial charge is 0.220 e. The zero-order valence-electron chi connectivity index (χ0n) is 53.3. The molecule has 7 unspecified atom stereocenters. The first-order valence-corrected chi connectivity index (χ1v) is 35.4. The van der Waals surface area contributed by atoms with Gasteiger partial charge in [0.25, 0.3) is 0 Å². The van der Waals surface area contributed by atoms with Gasteiger partial charge in [-0.3, -0.25) is 4.79 Å². The van der Waals surface area contributed by atoms with Crippen LogP contribution in [0, 0.1) is 0 Å². The van der Waals surface area contributed by atoms with Crippen molar-refractivity contribution >= 4 is 5.91 Å². The number of allylic oxidation sites excluding steroid dienone is 7. The molecule has 0 aromatic heterocycles. The van der Waals surface area contributed by atoms with Crippen LogP contribution in [0.1, 0.15) is 348 Å². The number of carbonyl (C=O) groups excluding carboxylic acids is 1. The molecule has 1 rings (SSSR count). The second-order valence-electron chi connectivity index (χ2n) is 24.7. The highest BCUT2D eigenvalue weighted by Gasteiger charge is 2.44. The summed E-state index contributed by atoms with van der Waals surface area (Å²) in [5.74, 6) is -0.171. The molecular weight excluding hydrogens is 1010 g/mol. The van der Waals surface area contributed by atoms with Gasteiger partial charge in [-0.15, -0.1) is 0 Å². The van der Waals surface area contributed by atoms with E-state index in [2.05, 4.69) is 55.6 Å². The van der Waals surface area contributed by atoms with E-state index in [-0.39, 0.29) is 12.5 Å². The first kappa shape index (κ1) is 77.2. The second-order valence-corrected chi connectivity index (χ2v) is 24.7. The summed E-state index contributed by atoms with van der Waals surface area (Å²) in [6.45, 7) is 3.81. The maximum absolute atomic E-state index is 13.1. The molecule has 1 saturated heterocycles. The molecule has 1 amide bonds. The highest BCUT2D eigenvalue weighted by Crippen LogP contribution is 2.23. The lowest BCUT2D eigenvalue weighted by molar-refractivity contribution is -0.302. The van der Waals surface area contributed by atoms with Gasteiger partial charge < -0.3 is 40.3 Å². The molecular formula is C72H135NO8. The molecule has 0 aliphatic carbocycles. The van der Waals surface area contributed by atoms with Crippen molar-refractivity contribution in [2.24, 2.45) is 0 Å². The Morgan fingerprint density at radius 3 is 1.07 bits per heavy atom. The number of aliphatic hydroxyl groups is 5. The number of rotatable bonds is 62. The predicted octanol–water partition coefficient (Wildman–Crippen LogP) is 19.2.